The van der Waals surface area contributed by atoms with E-state index in [1.54, 1.807) is 44.2 Å². The van der Waals surface area contributed by atoms with Crippen LogP contribution >= 0.6 is 0 Å². The van der Waals surface area contributed by atoms with Gasteiger partial charge in [-0.05, 0) is 24.1 Å². The molecule has 13 heteroatoms. The molecule has 4 bridgehead atoms. The van der Waals surface area contributed by atoms with Crippen LogP contribution in [0.25, 0.3) is 6.08 Å². The molecule has 1 aromatic rings. The van der Waals surface area contributed by atoms with Crippen LogP contribution in [0.3, 0.4) is 0 Å². The molecule has 1 aromatic carbocycles. The zero-order chi connectivity index (χ0) is 37.0. The summed E-state index contributed by atoms with van der Waals surface area (Å²) in [5.74, 6) is -6.69. The number of esters is 5. The van der Waals surface area contributed by atoms with E-state index >= 15 is 0 Å². The van der Waals surface area contributed by atoms with Crippen molar-refractivity contribution in [2.75, 3.05) is 6.61 Å². The minimum absolute atomic E-state index is 0.194. The molecule has 5 unspecified atom stereocenters. The van der Waals surface area contributed by atoms with Crippen molar-refractivity contribution in [1.82, 2.24) is 0 Å². The molecule has 5 rings (SSSR count). The van der Waals surface area contributed by atoms with E-state index in [1.807, 2.05) is 6.07 Å². The zero-order valence-corrected chi connectivity index (χ0v) is 29.3. The van der Waals surface area contributed by atoms with Crippen LogP contribution in [0.15, 0.2) is 48.6 Å². The quantitative estimate of drug-likeness (QED) is 0.191. The molecular weight excluding hydrogens is 652 g/mol. The number of aliphatic hydroxyl groups is 1. The maximum Gasteiger partial charge on any atom is 0.331 e. The zero-order valence-electron chi connectivity index (χ0n) is 29.3. The minimum atomic E-state index is -2.36. The highest BCUT2D eigenvalue weighted by atomic mass is 16.6. The number of fused-ring (bicyclic) bond motifs is 1. The van der Waals surface area contributed by atoms with Crippen molar-refractivity contribution in [2.45, 2.75) is 103 Å². The van der Waals surface area contributed by atoms with Crippen LogP contribution in [0.5, 0.6) is 0 Å². The Morgan fingerprint density at radius 1 is 0.860 bits per heavy atom. The van der Waals surface area contributed by atoms with Gasteiger partial charge >= 0.3 is 29.8 Å². The van der Waals surface area contributed by atoms with Crippen molar-refractivity contribution in [3.8, 4) is 0 Å². The molecule has 4 fully saturated rings. The lowest BCUT2D eigenvalue weighted by molar-refractivity contribution is -0.295. The molecule has 0 aromatic heterocycles. The second-order valence-corrected chi connectivity index (χ2v) is 14.3. The molecule has 11 atom stereocenters. The van der Waals surface area contributed by atoms with Crippen LogP contribution in [0.1, 0.15) is 66.9 Å². The second-order valence-electron chi connectivity index (χ2n) is 14.3. The van der Waals surface area contributed by atoms with Gasteiger partial charge in [-0.25, -0.2) is 4.79 Å². The second kappa shape index (κ2) is 13.1. The number of hydrogen-bond donors (Lipinski definition) is 1. The molecule has 13 nitrogen and oxygen atoms in total. The summed E-state index contributed by atoms with van der Waals surface area (Å²) >= 11 is 0. The Hall–Kier alpha value is -4.36. The number of hydrogen-bond acceptors (Lipinski definition) is 13. The third kappa shape index (κ3) is 5.73. The first kappa shape index (κ1) is 36.9. The monoisotopic (exact) mass is 696 g/mol. The van der Waals surface area contributed by atoms with Gasteiger partial charge in [-0.2, -0.15) is 0 Å². The summed E-state index contributed by atoms with van der Waals surface area (Å²) in [6.07, 6.45) is -4.76. The van der Waals surface area contributed by atoms with Crippen molar-refractivity contribution >= 4 is 41.7 Å². The topological polar surface area (TPSA) is 178 Å². The van der Waals surface area contributed by atoms with Gasteiger partial charge < -0.3 is 33.5 Å². The van der Waals surface area contributed by atoms with Gasteiger partial charge in [-0.3, -0.25) is 24.0 Å². The van der Waals surface area contributed by atoms with Gasteiger partial charge in [0.25, 0.3) is 0 Å². The van der Waals surface area contributed by atoms with Gasteiger partial charge in [-0.1, -0.05) is 50.8 Å². The number of rotatable bonds is 7. The van der Waals surface area contributed by atoms with Crippen LogP contribution < -0.4 is 0 Å². The van der Waals surface area contributed by atoms with Gasteiger partial charge in [0.2, 0.25) is 0 Å². The first-order chi connectivity index (χ1) is 23.3. The molecule has 1 N–H and O–H groups in total. The van der Waals surface area contributed by atoms with Gasteiger partial charge in [0, 0.05) is 63.9 Å². The van der Waals surface area contributed by atoms with E-state index in [2.05, 4.69) is 6.58 Å². The van der Waals surface area contributed by atoms with E-state index in [4.69, 9.17) is 28.4 Å². The smallest absolute Gasteiger partial charge is 0.331 e. The van der Waals surface area contributed by atoms with E-state index in [1.165, 1.54) is 26.8 Å². The summed E-state index contributed by atoms with van der Waals surface area (Å²) in [5.41, 5.74) is -6.51. The summed E-state index contributed by atoms with van der Waals surface area (Å²) in [7, 11) is 0. The molecule has 1 heterocycles. The van der Waals surface area contributed by atoms with Crippen molar-refractivity contribution in [3.63, 3.8) is 0 Å². The third-order valence-electron chi connectivity index (χ3n) is 11.3. The van der Waals surface area contributed by atoms with E-state index in [9.17, 15) is 33.9 Å². The Kier molecular flexibility index (Phi) is 9.65. The van der Waals surface area contributed by atoms with Crippen LogP contribution in [0, 0.1) is 22.7 Å². The molecule has 270 valence electrons. The Labute approximate surface area is 290 Å². The fraction of sp³-hybridized carbons (Fsp3) is 0.568. The normalized spacial score (nSPS) is 39.0. The molecule has 3 saturated carbocycles. The summed E-state index contributed by atoms with van der Waals surface area (Å²) in [5, 5.41) is 13.0. The number of carbonyl (C=O) groups excluding carboxylic acids is 6. The van der Waals surface area contributed by atoms with Gasteiger partial charge in [0.05, 0.1) is 12.0 Å². The van der Waals surface area contributed by atoms with Crippen LogP contribution in [-0.4, -0.2) is 89.1 Å². The average Bonchev–Trinajstić information content (AvgIpc) is 3.17. The van der Waals surface area contributed by atoms with Crippen molar-refractivity contribution in [2.24, 2.45) is 22.7 Å². The lowest BCUT2D eigenvalue weighted by Gasteiger charge is -2.64. The molecule has 1 saturated heterocycles. The lowest BCUT2D eigenvalue weighted by Crippen LogP contribution is -2.80. The first-order valence-electron chi connectivity index (χ1n) is 16.5. The molecule has 0 spiro atoms. The Balaban J connectivity index is 1.76. The lowest BCUT2D eigenvalue weighted by atomic mass is 9.44. The molecule has 4 aliphatic rings. The van der Waals surface area contributed by atoms with E-state index in [0.29, 0.717) is 0 Å². The van der Waals surface area contributed by atoms with Gasteiger partial charge in [-0.15, -0.1) is 0 Å². The summed E-state index contributed by atoms with van der Waals surface area (Å²) in [6, 6.07) is 9.03. The average molecular weight is 697 g/mol. The van der Waals surface area contributed by atoms with Crippen LogP contribution in [-0.2, 0) is 57.2 Å². The molecule has 0 radical (unpaired) electrons. The number of benzene rings is 1. The predicted molar refractivity (Wildman–Crippen MR) is 173 cm³/mol. The third-order valence-corrected chi connectivity index (χ3v) is 11.3. The number of ether oxygens (including phenoxy) is 6. The summed E-state index contributed by atoms with van der Waals surface area (Å²) in [6.45, 7) is 13.3. The fourth-order valence-corrected chi connectivity index (χ4v) is 8.98. The number of Topliss-reactive ketones (excluding diaryl/α,β-unsaturated/α-hetero) is 1. The molecule has 0 amide bonds. The highest BCUT2D eigenvalue weighted by Crippen LogP contribution is 2.67. The van der Waals surface area contributed by atoms with E-state index in [0.717, 1.165) is 19.4 Å². The maximum absolute atomic E-state index is 14.1. The van der Waals surface area contributed by atoms with Gasteiger partial charge in [0.1, 0.15) is 23.9 Å². The molecule has 50 heavy (non-hydrogen) atoms. The minimum Gasteiger partial charge on any atom is -0.462 e. The summed E-state index contributed by atoms with van der Waals surface area (Å²) < 4.78 is 35.9. The van der Waals surface area contributed by atoms with Crippen molar-refractivity contribution in [1.29, 1.82) is 0 Å². The van der Waals surface area contributed by atoms with Crippen molar-refractivity contribution in [3.05, 3.63) is 54.1 Å². The number of ketones is 1. The Morgan fingerprint density at radius 2 is 1.44 bits per heavy atom. The molecule has 1 aliphatic heterocycles. The number of carbonyl (C=O) groups is 6. The highest BCUT2D eigenvalue weighted by Gasteiger charge is 2.82. The van der Waals surface area contributed by atoms with Crippen LogP contribution in [0.2, 0.25) is 0 Å². The molecular formula is C37H44O13. The van der Waals surface area contributed by atoms with E-state index < -0.39 is 100 Å². The standard InChI is InChI=1S/C37H44O13/c1-19-26(50-29(43)15-14-24-12-10-9-11-13-24)17-28(46-20(2)38)35(7)30(19)31(47-21(3)39)25-16-27(42)36(8)37(44,34(25,6)18-45-36)33(49-23(5)41)32(35)48-22(4)40/h9-15,25-26,28,30-33,44H,1,16-18H2,2-8H3/b15-14+/t25-,26?,28?,30-,31?,32?,33?,34+,35+,36-,37-/m0/s1. The maximum atomic E-state index is 14.1. The Bertz CT molecular complexity index is 1630. The molecule has 3 aliphatic carbocycles. The van der Waals surface area contributed by atoms with Gasteiger partial charge in [0.15, 0.2) is 23.6 Å². The largest absolute Gasteiger partial charge is 0.462 e. The van der Waals surface area contributed by atoms with Crippen LogP contribution in [0.4, 0.5) is 0 Å². The van der Waals surface area contributed by atoms with E-state index in [-0.39, 0.29) is 25.0 Å². The SMILES string of the molecule is C=C1C(OC(=O)/C=C/c2ccccc2)CC(OC(C)=O)[C@@]2(C)C(OC(C)=O)C(OC(C)=O)[C@@]3(O)[C@@]4(C)OC[C@]3(C)[C@@H](CC4=O)C(OC(C)=O)[C@H]12. The Morgan fingerprint density at radius 3 is 2.02 bits per heavy atom. The summed E-state index contributed by atoms with van der Waals surface area (Å²) in [4.78, 5) is 78.9. The first-order valence-corrected chi connectivity index (χ1v) is 16.5. The predicted octanol–water partition coefficient (Wildman–Crippen LogP) is 3.05. The fourth-order valence-electron chi connectivity index (χ4n) is 8.98. The highest BCUT2D eigenvalue weighted by molar-refractivity contribution is 5.91. The van der Waals surface area contributed by atoms with Crippen molar-refractivity contribution < 1.29 is 62.3 Å².